The monoisotopic (exact) mass is 545 g/mol. The second-order valence-electron chi connectivity index (χ2n) is 10.1. The first-order valence-corrected chi connectivity index (χ1v) is 13.3. The molecule has 2 aromatic rings. The lowest BCUT2D eigenvalue weighted by Crippen LogP contribution is -2.43. The molecule has 39 heavy (non-hydrogen) atoms. The number of hydrogen-bond donors (Lipinski definition) is 3. The van der Waals surface area contributed by atoms with Gasteiger partial charge >= 0.3 is 12.2 Å². The van der Waals surface area contributed by atoms with E-state index in [-0.39, 0.29) is 30.1 Å². The van der Waals surface area contributed by atoms with E-state index in [1.165, 1.54) is 6.07 Å². The summed E-state index contributed by atoms with van der Waals surface area (Å²) in [6.45, 7) is 3.65. The number of amides is 4. The zero-order chi connectivity index (χ0) is 27.8. The van der Waals surface area contributed by atoms with Crippen molar-refractivity contribution in [3.63, 3.8) is 0 Å². The Kier molecular flexibility index (Phi) is 9.45. The van der Waals surface area contributed by atoms with Crippen LogP contribution in [0.15, 0.2) is 54.6 Å². The topological polar surface area (TPSA) is 93.8 Å². The molecule has 0 bridgehead atoms. The second kappa shape index (κ2) is 13.0. The van der Waals surface area contributed by atoms with E-state index in [0.717, 1.165) is 75.7 Å². The molecule has 0 aromatic heterocycles. The number of halogens is 3. The Morgan fingerprint density at radius 3 is 2.38 bits per heavy atom. The average Bonchev–Trinajstić information content (AvgIpc) is 3.38. The van der Waals surface area contributed by atoms with Crippen molar-refractivity contribution < 1.29 is 27.6 Å². The highest BCUT2D eigenvalue weighted by Gasteiger charge is 2.31. The lowest BCUT2D eigenvalue weighted by molar-refractivity contribution is -0.137. The second-order valence-corrected chi connectivity index (χ2v) is 10.1. The first-order valence-electron chi connectivity index (χ1n) is 13.3. The van der Waals surface area contributed by atoms with Crippen molar-refractivity contribution in [2.75, 3.05) is 44.6 Å². The van der Waals surface area contributed by atoms with E-state index in [1.807, 2.05) is 35.2 Å². The largest absolute Gasteiger partial charge is 0.416 e. The highest BCUT2D eigenvalue weighted by molar-refractivity contribution is 5.96. The van der Waals surface area contributed by atoms with Gasteiger partial charge in [-0.15, -0.1) is 0 Å². The highest BCUT2D eigenvalue weighted by atomic mass is 19.4. The zero-order valence-electron chi connectivity index (χ0n) is 21.7. The first kappa shape index (κ1) is 28.4. The number of nitrogens with zero attached hydrogens (tertiary/aromatic N) is 2. The van der Waals surface area contributed by atoms with Gasteiger partial charge in [0, 0.05) is 43.5 Å². The number of rotatable bonds is 8. The molecular weight excluding hydrogens is 511 g/mol. The SMILES string of the molecule is O=C(CNC(=O)c1cccc(C(F)(F)F)c1)N[C@@H]1CCN(CCC2CCN(C(=O)Nc3ccccc3)CC2)C1. The summed E-state index contributed by atoms with van der Waals surface area (Å²) in [5.41, 5.74) is -0.268. The number of hydrogen-bond acceptors (Lipinski definition) is 4. The van der Waals surface area contributed by atoms with Gasteiger partial charge in [0.25, 0.3) is 5.91 Å². The van der Waals surface area contributed by atoms with Crippen molar-refractivity contribution in [2.45, 2.75) is 37.9 Å². The number of para-hydroxylation sites is 1. The standard InChI is InChI=1S/C28H34F3N5O3/c29-28(30,31)22-6-4-5-21(17-22)26(38)32-18-25(37)33-24-12-14-35(19-24)13-9-20-10-15-36(16-11-20)27(39)34-23-7-2-1-3-8-23/h1-8,17,20,24H,9-16,18-19H2,(H,32,38)(H,33,37)(H,34,39)/t24-/m1/s1. The average molecular weight is 546 g/mol. The normalized spacial score (nSPS) is 18.5. The van der Waals surface area contributed by atoms with Crippen LogP contribution in [0.5, 0.6) is 0 Å². The summed E-state index contributed by atoms with van der Waals surface area (Å²) in [4.78, 5) is 41.2. The van der Waals surface area contributed by atoms with Crippen molar-refractivity contribution in [3.8, 4) is 0 Å². The van der Waals surface area contributed by atoms with Crippen molar-refractivity contribution in [2.24, 2.45) is 5.92 Å². The summed E-state index contributed by atoms with van der Waals surface area (Å²) in [7, 11) is 0. The molecule has 1 atom stereocenters. The van der Waals surface area contributed by atoms with Gasteiger partial charge in [-0.1, -0.05) is 24.3 Å². The predicted octanol–water partition coefficient (Wildman–Crippen LogP) is 3.96. The fraction of sp³-hybridized carbons (Fsp3) is 0.464. The Labute approximate surface area is 225 Å². The minimum Gasteiger partial charge on any atom is -0.350 e. The van der Waals surface area contributed by atoms with Gasteiger partial charge in [-0.3, -0.25) is 9.59 Å². The summed E-state index contributed by atoms with van der Waals surface area (Å²) in [5.74, 6) is -0.554. The van der Waals surface area contributed by atoms with E-state index < -0.39 is 17.6 Å². The van der Waals surface area contributed by atoms with Crippen molar-refractivity contribution in [3.05, 3.63) is 65.7 Å². The number of likely N-dealkylation sites (tertiary alicyclic amines) is 2. The van der Waals surface area contributed by atoms with Gasteiger partial charge in [0.2, 0.25) is 5.91 Å². The van der Waals surface area contributed by atoms with Crippen LogP contribution in [0.3, 0.4) is 0 Å². The summed E-state index contributed by atoms with van der Waals surface area (Å²) in [6, 6.07) is 13.4. The minimum absolute atomic E-state index is 0.0357. The Hall–Kier alpha value is -3.60. The molecule has 2 fully saturated rings. The molecule has 8 nitrogen and oxygen atoms in total. The fourth-order valence-electron chi connectivity index (χ4n) is 5.05. The minimum atomic E-state index is -4.54. The van der Waals surface area contributed by atoms with E-state index in [1.54, 1.807) is 0 Å². The van der Waals surface area contributed by atoms with Crippen LogP contribution < -0.4 is 16.0 Å². The van der Waals surface area contributed by atoms with Gasteiger partial charge < -0.3 is 25.8 Å². The summed E-state index contributed by atoms with van der Waals surface area (Å²) >= 11 is 0. The molecule has 0 unspecified atom stereocenters. The maximum atomic E-state index is 12.9. The van der Waals surface area contributed by atoms with Crippen molar-refractivity contribution >= 4 is 23.5 Å². The molecule has 2 aliphatic rings. The van der Waals surface area contributed by atoms with E-state index in [2.05, 4.69) is 20.9 Å². The number of alkyl halides is 3. The summed E-state index contributed by atoms with van der Waals surface area (Å²) in [6.07, 6.45) is -0.796. The lowest BCUT2D eigenvalue weighted by Gasteiger charge is -2.32. The number of benzene rings is 2. The third kappa shape index (κ3) is 8.44. The quantitative estimate of drug-likeness (QED) is 0.468. The van der Waals surface area contributed by atoms with Crippen LogP contribution in [-0.4, -0.2) is 73.0 Å². The Bertz CT molecular complexity index is 1140. The fourth-order valence-corrected chi connectivity index (χ4v) is 5.05. The van der Waals surface area contributed by atoms with Gasteiger partial charge in [-0.2, -0.15) is 13.2 Å². The molecule has 0 radical (unpaired) electrons. The number of anilines is 1. The molecule has 3 N–H and O–H groups in total. The molecule has 0 aliphatic carbocycles. The van der Waals surface area contributed by atoms with E-state index in [4.69, 9.17) is 0 Å². The Balaban J connectivity index is 1.11. The van der Waals surface area contributed by atoms with E-state index in [0.29, 0.717) is 12.5 Å². The van der Waals surface area contributed by atoms with Crippen LogP contribution in [0.4, 0.5) is 23.7 Å². The third-order valence-corrected chi connectivity index (χ3v) is 7.28. The lowest BCUT2D eigenvalue weighted by atomic mass is 9.93. The number of urea groups is 1. The molecule has 2 heterocycles. The van der Waals surface area contributed by atoms with Crippen LogP contribution in [-0.2, 0) is 11.0 Å². The zero-order valence-corrected chi connectivity index (χ0v) is 21.7. The van der Waals surface area contributed by atoms with Crippen LogP contribution >= 0.6 is 0 Å². The molecule has 2 saturated heterocycles. The van der Waals surface area contributed by atoms with E-state index in [9.17, 15) is 27.6 Å². The number of carbonyl (C=O) groups excluding carboxylic acids is 3. The number of carbonyl (C=O) groups is 3. The van der Waals surface area contributed by atoms with Gasteiger partial charge in [0.05, 0.1) is 12.1 Å². The van der Waals surface area contributed by atoms with Gasteiger partial charge in [-0.25, -0.2) is 4.79 Å². The van der Waals surface area contributed by atoms with Crippen LogP contribution in [0.2, 0.25) is 0 Å². The molecule has 11 heteroatoms. The smallest absolute Gasteiger partial charge is 0.350 e. The predicted molar refractivity (Wildman–Crippen MR) is 141 cm³/mol. The molecule has 210 valence electrons. The third-order valence-electron chi connectivity index (χ3n) is 7.28. The Morgan fingerprint density at radius 2 is 1.67 bits per heavy atom. The summed E-state index contributed by atoms with van der Waals surface area (Å²) in [5, 5.41) is 8.23. The van der Waals surface area contributed by atoms with Crippen LogP contribution in [0, 0.1) is 5.92 Å². The first-order chi connectivity index (χ1) is 18.7. The van der Waals surface area contributed by atoms with Gasteiger partial charge in [0.15, 0.2) is 0 Å². The maximum Gasteiger partial charge on any atom is 0.416 e. The van der Waals surface area contributed by atoms with Crippen molar-refractivity contribution in [1.29, 1.82) is 0 Å². The maximum absolute atomic E-state index is 12.9. The summed E-state index contributed by atoms with van der Waals surface area (Å²) < 4.78 is 38.6. The number of nitrogens with one attached hydrogen (secondary N) is 3. The number of piperidine rings is 1. The molecule has 4 rings (SSSR count). The molecule has 2 aliphatic heterocycles. The molecular formula is C28H34F3N5O3. The van der Waals surface area contributed by atoms with E-state index >= 15 is 0 Å². The van der Waals surface area contributed by atoms with Gasteiger partial charge in [0.1, 0.15) is 0 Å². The highest BCUT2D eigenvalue weighted by Crippen LogP contribution is 2.29. The Morgan fingerprint density at radius 1 is 0.923 bits per heavy atom. The van der Waals surface area contributed by atoms with Crippen molar-refractivity contribution in [1.82, 2.24) is 20.4 Å². The van der Waals surface area contributed by atoms with Crippen LogP contribution in [0.1, 0.15) is 41.6 Å². The molecule has 0 saturated carbocycles. The van der Waals surface area contributed by atoms with Crippen LogP contribution in [0.25, 0.3) is 0 Å². The molecule has 2 aromatic carbocycles. The molecule has 4 amide bonds. The molecule has 0 spiro atoms. The van der Waals surface area contributed by atoms with Gasteiger partial charge in [-0.05, 0) is 68.5 Å².